The molecule has 5 nitrogen and oxygen atoms in total. The lowest BCUT2D eigenvalue weighted by atomic mass is 10.2. The van der Waals surface area contributed by atoms with Gasteiger partial charge in [-0.1, -0.05) is 12.8 Å². The third kappa shape index (κ3) is 4.46. The first-order valence-electron chi connectivity index (χ1n) is 8.00. The van der Waals surface area contributed by atoms with E-state index < -0.39 is 11.7 Å². The Morgan fingerprint density at radius 2 is 1.76 bits per heavy atom. The zero-order valence-corrected chi connectivity index (χ0v) is 13.3. The fourth-order valence-electron chi connectivity index (χ4n) is 2.75. The Labute approximate surface area is 142 Å². The van der Waals surface area contributed by atoms with Gasteiger partial charge in [0.25, 0.3) is 5.91 Å². The maximum absolute atomic E-state index is 12.6. The van der Waals surface area contributed by atoms with Crippen molar-refractivity contribution in [3.63, 3.8) is 0 Å². The highest BCUT2D eigenvalue weighted by Gasteiger charge is 2.30. The van der Waals surface area contributed by atoms with E-state index in [0.717, 1.165) is 37.8 Å². The van der Waals surface area contributed by atoms with Gasteiger partial charge in [0.15, 0.2) is 0 Å². The van der Waals surface area contributed by atoms with Crippen molar-refractivity contribution in [1.82, 2.24) is 15.3 Å². The molecule has 0 unspecified atom stereocenters. The number of aromatic nitrogens is 2. The number of anilines is 2. The Morgan fingerprint density at radius 1 is 1.08 bits per heavy atom. The summed E-state index contributed by atoms with van der Waals surface area (Å²) in [6.45, 7) is 0. The number of carbonyl (C=O) groups is 1. The molecule has 1 aromatic carbocycles. The summed E-state index contributed by atoms with van der Waals surface area (Å²) in [5.41, 5.74) is -0.110. The maximum Gasteiger partial charge on any atom is 0.416 e. The molecule has 0 radical (unpaired) electrons. The van der Waals surface area contributed by atoms with Crippen LogP contribution in [0, 0.1) is 0 Å². The minimum Gasteiger partial charge on any atom is -0.348 e. The van der Waals surface area contributed by atoms with Crippen LogP contribution in [0.2, 0.25) is 0 Å². The van der Waals surface area contributed by atoms with Crippen molar-refractivity contribution in [2.24, 2.45) is 0 Å². The molecule has 1 amide bonds. The number of carbonyl (C=O) groups excluding carboxylic acids is 1. The number of nitrogens with zero attached hydrogens (tertiary/aromatic N) is 2. The van der Waals surface area contributed by atoms with E-state index in [1.54, 1.807) is 0 Å². The van der Waals surface area contributed by atoms with E-state index in [9.17, 15) is 18.0 Å². The first kappa shape index (κ1) is 17.2. The molecule has 25 heavy (non-hydrogen) atoms. The summed E-state index contributed by atoms with van der Waals surface area (Å²) < 4.78 is 37.7. The van der Waals surface area contributed by atoms with Crippen LogP contribution in [0.15, 0.2) is 36.5 Å². The second-order valence-corrected chi connectivity index (χ2v) is 5.92. The second-order valence-electron chi connectivity index (χ2n) is 5.92. The fourth-order valence-corrected chi connectivity index (χ4v) is 2.75. The largest absolute Gasteiger partial charge is 0.416 e. The van der Waals surface area contributed by atoms with Gasteiger partial charge in [0.05, 0.1) is 5.56 Å². The Kier molecular flexibility index (Phi) is 4.87. The van der Waals surface area contributed by atoms with Gasteiger partial charge in [-0.05, 0) is 43.2 Å². The van der Waals surface area contributed by atoms with Gasteiger partial charge < -0.3 is 10.6 Å². The van der Waals surface area contributed by atoms with Crippen LogP contribution in [0.3, 0.4) is 0 Å². The van der Waals surface area contributed by atoms with E-state index in [-0.39, 0.29) is 23.6 Å². The average Bonchev–Trinajstić information content (AvgIpc) is 3.08. The molecule has 132 valence electrons. The molecule has 1 aliphatic carbocycles. The molecule has 0 aliphatic heterocycles. The van der Waals surface area contributed by atoms with Crippen molar-refractivity contribution in [2.75, 3.05) is 5.32 Å². The van der Waals surface area contributed by atoms with Gasteiger partial charge in [0, 0.05) is 17.9 Å². The number of hydrogen-bond acceptors (Lipinski definition) is 4. The summed E-state index contributed by atoms with van der Waals surface area (Å²) in [6.07, 6.45) is 1.20. The minimum absolute atomic E-state index is 0.152. The molecule has 8 heteroatoms. The molecular formula is C17H17F3N4O. The highest BCUT2D eigenvalue weighted by atomic mass is 19.4. The van der Waals surface area contributed by atoms with Gasteiger partial charge in [-0.25, -0.2) is 9.97 Å². The standard InChI is InChI=1S/C17H17F3N4O/c18-17(19,20)11-5-7-13(8-6-11)23-16-21-10-9-14(24-16)15(25)22-12-3-1-2-4-12/h5-10,12H,1-4H2,(H,22,25)(H,21,23,24). The quantitative estimate of drug-likeness (QED) is 0.877. The third-order valence-corrected chi connectivity index (χ3v) is 4.05. The van der Waals surface area contributed by atoms with Crippen molar-refractivity contribution < 1.29 is 18.0 Å². The van der Waals surface area contributed by atoms with Gasteiger partial charge >= 0.3 is 6.18 Å². The Bertz CT molecular complexity index is 740. The molecule has 0 saturated heterocycles. The Morgan fingerprint density at radius 3 is 2.40 bits per heavy atom. The highest BCUT2D eigenvalue weighted by Crippen LogP contribution is 2.30. The highest BCUT2D eigenvalue weighted by molar-refractivity contribution is 5.92. The first-order valence-corrected chi connectivity index (χ1v) is 8.00. The lowest BCUT2D eigenvalue weighted by Crippen LogP contribution is -2.33. The van der Waals surface area contributed by atoms with Gasteiger partial charge in [0.1, 0.15) is 5.69 Å². The van der Waals surface area contributed by atoms with E-state index >= 15 is 0 Å². The van der Waals surface area contributed by atoms with E-state index in [2.05, 4.69) is 20.6 Å². The Balaban J connectivity index is 1.68. The van der Waals surface area contributed by atoms with E-state index in [0.29, 0.717) is 5.69 Å². The van der Waals surface area contributed by atoms with E-state index in [1.165, 1.54) is 24.4 Å². The average molecular weight is 350 g/mol. The lowest BCUT2D eigenvalue weighted by Gasteiger charge is -2.12. The van der Waals surface area contributed by atoms with Gasteiger partial charge in [0.2, 0.25) is 5.95 Å². The first-order chi connectivity index (χ1) is 11.9. The van der Waals surface area contributed by atoms with E-state index in [1.807, 2.05) is 0 Å². The van der Waals surface area contributed by atoms with Crippen LogP contribution in [0.4, 0.5) is 24.8 Å². The summed E-state index contributed by atoms with van der Waals surface area (Å²) in [4.78, 5) is 20.3. The van der Waals surface area contributed by atoms with Gasteiger partial charge in [-0.15, -0.1) is 0 Å². The molecule has 1 fully saturated rings. The predicted octanol–water partition coefficient (Wildman–Crippen LogP) is 3.91. The zero-order valence-electron chi connectivity index (χ0n) is 13.3. The number of halogens is 3. The maximum atomic E-state index is 12.6. The van der Waals surface area contributed by atoms with Crippen molar-refractivity contribution in [2.45, 2.75) is 37.9 Å². The van der Waals surface area contributed by atoms with Gasteiger partial charge in [-0.2, -0.15) is 13.2 Å². The fraction of sp³-hybridized carbons (Fsp3) is 0.353. The Hall–Kier alpha value is -2.64. The molecular weight excluding hydrogens is 333 g/mol. The molecule has 1 aromatic heterocycles. The molecule has 1 saturated carbocycles. The number of nitrogens with one attached hydrogen (secondary N) is 2. The predicted molar refractivity (Wildman–Crippen MR) is 86.5 cm³/mol. The summed E-state index contributed by atoms with van der Waals surface area (Å²) >= 11 is 0. The molecule has 0 spiro atoms. The number of rotatable bonds is 4. The van der Waals surface area contributed by atoms with Crippen LogP contribution in [-0.2, 0) is 6.18 Å². The van der Waals surface area contributed by atoms with Crippen molar-refractivity contribution in [3.8, 4) is 0 Å². The molecule has 3 rings (SSSR count). The molecule has 0 bridgehead atoms. The number of benzene rings is 1. The molecule has 1 heterocycles. The van der Waals surface area contributed by atoms with Crippen molar-refractivity contribution in [3.05, 3.63) is 47.8 Å². The lowest BCUT2D eigenvalue weighted by molar-refractivity contribution is -0.137. The van der Waals surface area contributed by atoms with Crippen LogP contribution < -0.4 is 10.6 Å². The van der Waals surface area contributed by atoms with E-state index in [4.69, 9.17) is 0 Å². The van der Waals surface area contributed by atoms with Crippen LogP contribution in [0.5, 0.6) is 0 Å². The number of alkyl halides is 3. The second kappa shape index (κ2) is 7.08. The normalized spacial score (nSPS) is 15.2. The topological polar surface area (TPSA) is 66.9 Å². The molecule has 0 atom stereocenters. The van der Waals surface area contributed by atoms with Crippen LogP contribution in [0.25, 0.3) is 0 Å². The summed E-state index contributed by atoms with van der Waals surface area (Å²) in [5.74, 6) is -0.122. The van der Waals surface area contributed by atoms with Crippen LogP contribution >= 0.6 is 0 Å². The third-order valence-electron chi connectivity index (χ3n) is 4.05. The summed E-state index contributed by atoms with van der Waals surface area (Å²) in [7, 11) is 0. The van der Waals surface area contributed by atoms with Crippen LogP contribution in [-0.4, -0.2) is 21.9 Å². The molecule has 2 N–H and O–H groups in total. The minimum atomic E-state index is -4.38. The van der Waals surface area contributed by atoms with Crippen molar-refractivity contribution in [1.29, 1.82) is 0 Å². The zero-order chi connectivity index (χ0) is 17.9. The van der Waals surface area contributed by atoms with Crippen molar-refractivity contribution >= 4 is 17.5 Å². The smallest absolute Gasteiger partial charge is 0.348 e. The number of amides is 1. The summed E-state index contributed by atoms with van der Waals surface area (Å²) in [6, 6.07) is 6.20. The van der Waals surface area contributed by atoms with Gasteiger partial charge in [-0.3, -0.25) is 4.79 Å². The molecule has 2 aromatic rings. The monoisotopic (exact) mass is 350 g/mol. The van der Waals surface area contributed by atoms with Crippen LogP contribution in [0.1, 0.15) is 41.7 Å². The molecule has 1 aliphatic rings. The number of hydrogen-bond donors (Lipinski definition) is 2. The summed E-state index contributed by atoms with van der Waals surface area (Å²) in [5, 5.41) is 5.73. The SMILES string of the molecule is O=C(NC1CCCC1)c1ccnc(Nc2ccc(C(F)(F)F)cc2)n1.